The highest BCUT2D eigenvalue weighted by Gasteiger charge is 2.17. The van der Waals surface area contributed by atoms with Gasteiger partial charge in [0.1, 0.15) is 0 Å². The molecule has 1 heterocycles. The first kappa shape index (κ1) is 15.8. The van der Waals surface area contributed by atoms with Gasteiger partial charge >= 0.3 is 0 Å². The lowest BCUT2D eigenvalue weighted by molar-refractivity contribution is 0.0921. The minimum absolute atomic E-state index is 0.0706. The SMILES string of the molecule is COc1cc(C(=O)CN2CCNCC2)ccc1OC(C)C. The summed E-state index contributed by atoms with van der Waals surface area (Å²) in [5, 5.41) is 3.28. The van der Waals surface area contributed by atoms with Crippen LogP contribution in [0.3, 0.4) is 0 Å². The van der Waals surface area contributed by atoms with E-state index in [4.69, 9.17) is 9.47 Å². The molecule has 0 unspecified atom stereocenters. The molecule has 21 heavy (non-hydrogen) atoms. The number of benzene rings is 1. The van der Waals surface area contributed by atoms with Gasteiger partial charge in [-0.25, -0.2) is 0 Å². The number of Topliss-reactive ketones (excluding diaryl/α,β-unsaturated/α-hetero) is 1. The summed E-state index contributed by atoms with van der Waals surface area (Å²) in [5.41, 5.74) is 0.668. The second kappa shape index (κ2) is 7.43. The third-order valence-electron chi connectivity index (χ3n) is 3.43. The Morgan fingerprint density at radius 3 is 2.62 bits per heavy atom. The normalized spacial score (nSPS) is 16.0. The number of carbonyl (C=O) groups excluding carboxylic acids is 1. The van der Waals surface area contributed by atoms with Crippen molar-refractivity contribution in [1.82, 2.24) is 10.2 Å². The number of hydrogen-bond acceptors (Lipinski definition) is 5. The van der Waals surface area contributed by atoms with Crippen LogP contribution in [0.1, 0.15) is 24.2 Å². The molecule has 1 aliphatic heterocycles. The lowest BCUT2D eigenvalue weighted by Gasteiger charge is -2.26. The zero-order valence-electron chi connectivity index (χ0n) is 13.0. The third kappa shape index (κ3) is 4.44. The van der Waals surface area contributed by atoms with Crippen molar-refractivity contribution < 1.29 is 14.3 Å². The molecular weight excluding hydrogens is 268 g/mol. The van der Waals surface area contributed by atoms with Gasteiger partial charge in [0, 0.05) is 31.7 Å². The van der Waals surface area contributed by atoms with E-state index in [2.05, 4.69) is 10.2 Å². The summed E-state index contributed by atoms with van der Waals surface area (Å²) < 4.78 is 11.0. The maximum absolute atomic E-state index is 12.4. The highest BCUT2D eigenvalue weighted by atomic mass is 16.5. The number of nitrogens with zero attached hydrogens (tertiary/aromatic N) is 1. The fraction of sp³-hybridized carbons (Fsp3) is 0.562. The molecular formula is C16H24N2O3. The molecule has 0 radical (unpaired) electrons. The van der Waals surface area contributed by atoms with Gasteiger partial charge in [-0.05, 0) is 32.0 Å². The summed E-state index contributed by atoms with van der Waals surface area (Å²) in [6.45, 7) is 8.09. The van der Waals surface area contributed by atoms with Gasteiger partial charge in [0.2, 0.25) is 0 Å². The van der Waals surface area contributed by atoms with Gasteiger partial charge in [0.05, 0.1) is 19.8 Å². The Morgan fingerprint density at radius 1 is 1.29 bits per heavy atom. The van der Waals surface area contributed by atoms with E-state index >= 15 is 0 Å². The molecule has 1 aromatic carbocycles. The van der Waals surface area contributed by atoms with Crippen LogP contribution in [-0.4, -0.2) is 56.6 Å². The van der Waals surface area contributed by atoms with Crippen molar-refractivity contribution in [3.63, 3.8) is 0 Å². The van der Waals surface area contributed by atoms with Crippen LogP contribution in [-0.2, 0) is 0 Å². The van der Waals surface area contributed by atoms with Crippen LogP contribution in [0, 0.1) is 0 Å². The average Bonchev–Trinajstić information content (AvgIpc) is 2.48. The Bertz CT molecular complexity index is 482. The Morgan fingerprint density at radius 2 is 2.00 bits per heavy atom. The van der Waals surface area contributed by atoms with Crippen molar-refractivity contribution in [3.8, 4) is 11.5 Å². The van der Waals surface area contributed by atoms with Crippen molar-refractivity contribution in [2.45, 2.75) is 20.0 Å². The zero-order valence-corrected chi connectivity index (χ0v) is 13.0. The lowest BCUT2D eigenvalue weighted by Crippen LogP contribution is -2.45. The first-order valence-electron chi connectivity index (χ1n) is 7.41. The van der Waals surface area contributed by atoms with Gasteiger partial charge < -0.3 is 14.8 Å². The van der Waals surface area contributed by atoms with Gasteiger partial charge in [0.15, 0.2) is 17.3 Å². The van der Waals surface area contributed by atoms with E-state index in [0.29, 0.717) is 23.6 Å². The number of carbonyl (C=O) groups is 1. The predicted octanol–water partition coefficient (Wildman–Crippen LogP) is 1.57. The Balaban J connectivity index is 2.06. The molecule has 5 nitrogen and oxygen atoms in total. The summed E-state index contributed by atoms with van der Waals surface area (Å²) in [5.74, 6) is 1.40. The summed E-state index contributed by atoms with van der Waals surface area (Å²) >= 11 is 0. The maximum atomic E-state index is 12.4. The topological polar surface area (TPSA) is 50.8 Å². The number of piperazine rings is 1. The minimum atomic E-state index is 0.0706. The van der Waals surface area contributed by atoms with Gasteiger partial charge in [-0.3, -0.25) is 9.69 Å². The van der Waals surface area contributed by atoms with Crippen LogP contribution in [0.5, 0.6) is 11.5 Å². The summed E-state index contributed by atoms with van der Waals surface area (Å²) in [4.78, 5) is 14.5. The summed E-state index contributed by atoms with van der Waals surface area (Å²) in [6.07, 6.45) is 0.0706. The first-order chi connectivity index (χ1) is 10.1. The van der Waals surface area contributed by atoms with Gasteiger partial charge in [-0.2, -0.15) is 0 Å². The largest absolute Gasteiger partial charge is 0.493 e. The third-order valence-corrected chi connectivity index (χ3v) is 3.43. The molecule has 0 bridgehead atoms. The van der Waals surface area contributed by atoms with Crippen molar-refractivity contribution in [2.75, 3.05) is 39.8 Å². The summed E-state index contributed by atoms with van der Waals surface area (Å²) in [7, 11) is 1.59. The monoisotopic (exact) mass is 292 g/mol. The second-order valence-corrected chi connectivity index (χ2v) is 5.48. The standard InChI is InChI=1S/C16H24N2O3/c1-12(2)21-15-5-4-13(10-16(15)20-3)14(19)11-18-8-6-17-7-9-18/h4-5,10,12,17H,6-9,11H2,1-3H3. The number of nitrogens with one attached hydrogen (secondary N) is 1. The van der Waals surface area contributed by atoms with E-state index in [1.807, 2.05) is 26.0 Å². The van der Waals surface area contributed by atoms with Gasteiger partial charge in [0.25, 0.3) is 0 Å². The fourth-order valence-corrected chi connectivity index (χ4v) is 2.36. The van der Waals surface area contributed by atoms with Crippen LogP contribution >= 0.6 is 0 Å². The first-order valence-corrected chi connectivity index (χ1v) is 7.41. The highest BCUT2D eigenvalue weighted by molar-refractivity contribution is 5.98. The molecule has 0 atom stereocenters. The molecule has 1 aliphatic rings. The summed E-state index contributed by atoms with van der Waals surface area (Å²) in [6, 6.07) is 5.39. The van der Waals surface area contributed by atoms with Crippen molar-refractivity contribution in [2.24, 2.45) is 0 Å². The minimum Gasteiger partial charge on any atom is -0.493 e. The molecule has 1 aromatic rings. The molecule has 0 saturated carbocycles. The Kier molecular flexibility index (Phi) is 5.59. The molecule has 0 amide bonds. The van der Waals surface area contributed by atoms with Crippen LogP contribution in [0.4, 0.5) is 0 Å². The van der Waals surface area contributed by atoms with Crippen LogP contribution in [0.2, 0.25) is 0 Å². The average molecular weight is 292 g/mol. The second-order valence-electron chi connectivity index (χ2n) is 5.48. The Hall–Kier alpha value is -1.59. The zero-order chi connectivity index (χ0) is 15.2. The number of hydrogen-bond donors (Lipinski definition) is 1. The van der Waals surface area contributed by atoms with Crippen LogP contribution < -0.4 is 14.8 Å². The molecule has 1 N–H and O–H groups in total. The molecule has 2 rings (SSSR count). The molecule has 0 aliphatic carbocycles. The maximum Gasteiger partial charge on any atom is 0.176 e. The number of ketones is 1. The van der Waals surface area contributed by atoms with Crippen LogP contribution in [0.25, 0.3) is 0 Å². The molecule has 0 aromatic heterocycles. The highest BCUT2D eigenvalue weighted by Crippen LogP contribution is 2.29. The van der Waals surface area contributed by atoms with E-state index in [9.17, 15) is 4.79 Å². The van der Waals surface area contributed by atoms with E-state index in [1.165, 1.54) is 0 Å². The molecule has 116 valence electrons. The Labute approximate surface area is 126 Å². The molecule has 0 spiro atoms. The molecule has 1 fully saturated rings. The van der Waals surface area contributed by atoms with Crippen molar-refractivity contribution in [1.29, 1.82) is 0 Å². The number of rotatable bonds is 6. The predicted molar refractivity (Wildman–Crippen MR) is 82.4 cm³/mol. The fourth-order valence-electron chi connectivity index (χ4n) is 2.36. The van der Waals surface area contributed by atoms with Gasteiger partial charge in [-0.1, -0.05) is 0 Å². The van der Waals surface area contributed by atoms with Crippen LogP contribution in [0.15, 0.2) is 18.2 Å². The lowest BCUT2D eigenvalue weighted by atomic mass is 10.1. The van der Waals surface area contributed by atoms with Gasteiger partial charge in [-0.15, -0.1) is 0 Å². The van der Waals surface area contributed by atoms with E-state index < -0.39 is 0 Å². The van der Waals surface area contributed by atoms with Crippen molar-refractivity contribution >= 4 is 5.78 Å². The smallest absolute Gasteiger partial charge is 0.176 e. The molecule has 1 saturated heterocycles. The van der Waals surface area contributed by atoms with Crippen molar-refractivity contribution in [3.05, 3.63) is 23.8 Å². The van der Waals surface area contributed by atoms with E-state index in [0.717, 1.165) is 26.2 Å². The number of methoxy groups -OCH3 is 1. The number of ether oxygens (including phenoxy) is 2. The van der Waals surface area contributed by atoms with E-state index in [-0.39, 0.29) is 11.9 Å². The molecule has 5 heteroatoms. The van der Waals surface area contributed by atoms with E-state index in [1.54, 1.807) is 13.2 Å². The quantitative estimate of drug-likeness (QED) is 0.807.